The smallest absolute Gasteiger partial charge is 0.243 e. The molecular weight excluding hydrogens is 302 g/mol. The number of likely N-dealkylation sites (N-methyl/N-ethyl adjacent to an activating group) is 1. The average molecular weight is 323 g/mol. The van der Waals surface area contributed by atoms with Crippen molar-refractivity contribution in [1.82, 2.24) is 14.1 Å². The first-order chi connectivity index (χ1) is 10.4. The van der Waals surface area contributed by atoms with Crippen LogP contribution in [0.4, 0.5) is 0 Å². The minimum atomic E-state index is -3.53. The molecule has 1 aromatic heterocycles. The van der Waals surface area contributed by atoms with Crippen LogP contribution in [0.5, 0.6) is 5.75 Å². The summed E-state index contributed by atoms with van der Waals surface area (Å²) in [5, 5.41) is 4.08. The third-order valence-corrected chi connectivity index (χ3v) is 5.80. The zero-order valence-corrected chi connectivity index (χ0v) is 14.1. The van der Waals surface area contributed by atoms with Crippen LogP contribution in [-0.4, -0.2) is 43.2 Å². The van der Waals surface area contributed by atoms with Crippen molar-refractivity contribution < 1.29 is 13.2 Å². The van der Waals surface area contributed by atoms with Crippen LogP contribution in [0.25, 0.3) is 0 Å². The molecule has 0 spiro atoms. The van der Waals surface area contributed by atoms with Crippen LogP contribution >= 0.6 is 0 Å². The van der Waals surface area contributed by atoms with E-state index in [-0.39, 0.29) is 0 Å². The van der Waals surface area contributed by atoms with Gasteiger partial charge < -0.3 is 4.74 Å². The van der Waals surface area contributed by atoms with Gasteiger partial charge in [-0.3, -0.25) is 4.68 Å². The minimum Gasteiger partial charge on any atom is -0.496 e. The average Bonchev–Trinajstić information content (AvgIpc) is 3.00. The lowest BCUT2D eigenvalue weighted by Crippen LogP contribution is -2.31. The fourth-order valence-electron chi connectivity index (χ4n) is 2.24. The van der Waals surface area contributed by atoms with Crippen molar-refractivity contribution in [2.24, 2.45) is 0 Å². The largest absolute Gasteiger partial charge is 0.496 e. The summed E-state index contributed by atoms with van der Waals surface area (Å²) in [5.74, 6) is 0.690. The Labute approximate surface area is 131 Å². The maximum Gasteiger partial charge on any atom is 0.243 e. The molecule has 0 aliphatic heterocycles. The van der Waals surface area contributed by atoms with Crippen molar-refractivity contribution in [2.75, 3.05) is 20.7 Å². The summed E-state index contributed by atoms with van der Waals surface area (Å²) >= 11 is 0. The fourth-order valence-corrected chi connectivity index (χ4v) is 3.67. The van der Waals surface area contributed by atoms with Gasteiger partial charge in [-0.05, 0) is 43.2 Å². The Kier molecular flexibility index (Phi) is 4.87. The van der Waals surface area contributed by atoms with Gasteiger partial charge in [-0.25, -0.2) is 8.42 Å². The van der Waals surface area contributed by atoms with E-state index in [9.17, 15) is 8.42 Å². The number of sulfonamides is 1. The van der Waals surface area contributed by atoms with Crippen LogP contribution < -0.4 is 4.74 Å². The summed E-state index contributed by atoms with van der Waals surface area (Å²) < 4.78 is 33.7. The predicted octanol–water partition coefficient (Wildman–Crippen LogP) is 1.83. The maximum atomic E-state index is 12.7. The molecule has 7 heteroatoms. The van der Waals surface area contributed by atoms with Gasteiger partial charge in [-0.1, -0.05) is 0 Å². The molecule has 1 aromatic carbocycles. The molecule has 0 saturated carbocycles. The number of nitrogens with zero attached hydrogens (tertiary/aromatic N) is 3. The number of benzene rings is 1. The highest BCUT2D eigenvalue weighted by Gasteiger charge is 2.24. The molecule has 0 amide bonds. The second kappa shape index (κ2) is 6.50. The Morgan fingerprint density at radius 1 is 1.27 bits per heavy atom. The Bertz CT molecular complexity index is 740. The molecule has 0 atom stereocenters. The summed E-state index contributed by atoms with van der Waals surface area (Å²) in [6.45, 7) is 4.52. The van der Waals surface area contributed by atoms with E-state index < -0.39 is 10.0 Å². The predicted molar refractivity (Wildman–Crippen MR) is 84.5 cm³/mol. The normalized spacial score (nSPS) is 11.9. The van der Waals surface area contributed by atoms with E-state index in [1.165, 1.54) is 4.31 Å². The lowest BCUT2D eigenvalue weighted by Gasteiger charge is -2.20. The zero-order valence-electron chi connectivity index (χ0n) is 13.3. The maximum absolute atomic E-state index is 12.7. The number of methoxy groups -OCH3 is 1. The first-order valence-corrected chi connectivity index (χ1v) is 8.40. The minimum absolute atomic E-state index is 0.314. The second-order valence-corrected chi connectivity index (χ2v) is 7.12. The standard InChI is InChI=1S/C15H21N3O3S/c1-12-13(2)15(7-6-14(12)21-4)22(19,20)17(3)10-11-18-9-5-8-16-18/h5-9H,10-11H2,1-4H3. The van der Waals surface area contributed by atoms with Crippen LogP contribution in [0.2, 0.25) is 0 Å². The first-order valence-electron chi connectivity index (χ1n) is 6.96. The van der Waals surface area contributed by atoms with Crippen LogP contribution in [0, 0.1) is 13.8 Å². The topological polar surface area (TPSA) is 64.4 Å². The summed E-state index contributed by atoms with van der Waals surface area (Å²) in [6, 6.07) is 5.10. The molecule has 120 valence electrons. The highest BCUT2D eigenvalue weighted by molar-refractivity contribution is 7.89. The zero-order chi connectivity index (χ0) is 16.3. The number of hydrogen-bond donors (Lipinski definition) is 0. The highest BCUT2D eigenvalue weighted by Crippen LogP contribution is 2.28. The van der Waals surface area contributed by atoms with Crippen molar-refractivity contribution in [3.63, 3.8) is 0 Å². The summed E-state index contributed by atoms with van der Waals surface area (Å²) in [6.07, 6.45) is 3.48. The molecule has 0 aliphatic carbocycles. The molecule has 0 unspecified atom stereocenters. The lowest BCUT2D eigenvalue weighted by molar-refractivity contribution is 0.410. The molecule has 0 aliphatic rings. The third-order valence-electron chi connectivity index (χ3n) is 3.80. The third kappa shape index (κ3) is 3.15. The summed E-state index contributed by atoms with van der Waals surface area (Å²) in [5.41, 5.74) is 1.55. The summed E-state index contributed by atoms with van der Waals surface area (Å²) in [4.78, 5) is 0.314. The molecule has 0 N–H and O–H groups in total. The van der Waals surface area contributed by atoms with Crippen molar-refractivity contribution in [3.05, 3.63) is 41.7 Å². The molecule has 2 rings (SSSR count). The van der Waals surface area contributed by atoms with Gasteiger partial charge in [0.2, 0.25) is 10.0 Å². The van der Waals surface area contributed by atoms with E-state index in [0.29, 0.717) is 29.3 Å². The number of aromatic nitrogens is 2. The van der Waals surface area contributed by atoms with Gasteiger partial charge in [0, 0.05) is 26.0 Å². The molecule has 0 radical (unpaired) electrons. The van der Waals surface area contributed by atoms with Gasteiger partial charge in [0.1, 0.15) is 5.75 Å². The molecule has 2 aromatic rings. The monoisotopic (exact) mass is 323 g/mol. The quantitative estimate of drug-likeness (QED) is 0.813. The fraction of sp³-hybridized carbons (Fsp3) is 0.400. The molecule has 22 heavy (non-hydrogen) atoms. The van der Waals surface area contributed by atoms with E-state index in [0.717, 1.165) is 5.56 Å². The van der Waals surface area contributed by atoms with Gasteiger partial charge >= 0.3 is 0 Å². The van der Waals surface area contributed by atoms with Crippen LogP contribution in [0.3, 0.4) is 0 Å². The Hall–Kier alpha value is -1.86. The van der Waals surface area contributed by atoms with Gasteiger partial charge in [-0.2, -0.15) is 9.40 Å². The Balaban J connectivity index is 2.24. The van der Waals surface area contributed by atoms with Crippen molar-refractivity contribution in [1.29, 1.82) is 0 Å². The summed E-state index contributed by atoms with van der Waals surface area (Å²) in [7, 11) is -0.377. The van der Waals surface area contributed by atoms with Crippen LogP contribution in [0.15, 0.2) is 35.5 Å². The van der Waals surface area contributed by atoms with Crippen molar-refractivity contribution in [3.8, 4) is 5.75 Å². The van der Waals surface area contributed by atoms with Gasteiger partial charge in [0.05, 0.1) is 18.6 Å². The number of ether oxygens (including phenoxy) is 1. The first kappa shape index (κ1) is 16.5. The molecule has 0 fully saturated rings. The van der Waals surface area contributed by atoms with Gasteiger partial charge in [0.25, 0.3) is 0 Å². The van der Waals surface area contributed by atoms with E-state index in [2.05, 4.69) is 5.10 Å². The molecule has 6 nitrogen and oxygen atoms in total. The molecular formula is C15H21N3O3S. The van der Waals surface area contributed by atoms with Crippen molar-refractivity contribution in [2.45, 2.75) is 25.3 Å². The second-order valence-electron chi connectivity index (χ2n) is 5.11. The number of rotatable bonds is 6. The van der Waals surface area contributed by atoms with E-state index in [1.54, 1.807) is 44.1 Å². The Morgan fingerprint density at radius 3 is 2.59 bits per heavy atom. The molecule has 1 heterocycles. The van der Waals surface area contributed by atoms with Crippen LogP contribution in [0.1, 0.15) is 11.1 Å². The lowest BCUT2D eigenvalue weighted by atomic mass is 10.1. The SMILES string of the molecule is COc1ccc(S(=O)(=O)N(C)CCn2cccn2)c(C)c1C. The molecule has 0 bridgehead atoms. The number of hydrogen-bond acceptors (Lipinski definition) is 4. The van der Waals surface area contributed by atoms with Gasteiger partial charge in [-0.15, -0.1) is 0 Å². The van der Waals surface area contributed by atoms with Gasteiger partial charge in [0.15, 0.2) is 0 Å². The Morgan fingerprint density at radius 2 is 2.00 bits per heavy atom. The highest BCUT2D eigenvalue weighted by atomic mass is 32.2. The van der Waals surface area contributed by atoms with Crippen molar-refractivity contribution >= 4 is 10.0 Å². The van der Waals surface area contributed by atoms with E-state index >= 15 is 0 Å². The van der Waals surface area contributed by atoms with E-state index in [1.807, 2.05) is 19.2 Å². The molecule has 0 saturated heterocycles. The van der Waals surface area contributed by atoms with Crippen LogP contribution in [-0.2, 0) is 16.6 Å². The van der Waals surface area contributed by atoms with E-state index in [4.69, 9.17) is 4.74 Å².